The van der Waals surface area contributed by atoms with Crippen LogP contribution < -0.4 is 0 Å². The lowest BCUT2D eigenvalue weighted by Crippen LogP contribution is -2.01. The number of hydrogen-bond acceptors (Lipinski definition) is 4. The van der Waals surface area contributed by atoms with Crippen molar-refractivity contribution in [2.45, 2.75) is 0 Å². The largest absolute Gasteiger partial charge is 0.455 e. The van der Waals surface area contributed by atoms with E-state index < -0.39 is 0 Å². The van der Waals surface area contributed by atoms with Gasteiger partial charge in [-0.3, -0.25) is 0 Å². The summed E-state index contributed by atoms with van der Waals surface area (Å²) in [6, 6.07) is 65.6. The van der Waals surface area contributed by atoms with E-state index in [4.69, 9.17) is 19.4 Å². The van der Waals surface area contributed by atoms with Crippen LogP contribution in [0.1, 0.15) is 0 Å². The van der Waals surface area contributed by atoms with Crippen molar-refractivity contribution in [2.24, 2.45) is 0 Å². The van der Waals surface area contributed by atoms with Gasteiger partial charge in [-0.15, -0.1) is 0 Å². The van der Waals surface area contributed by atoms with Crippen LogP contribution >= 0.6 is 0 Å². The zero-order valence-electron chi connectivity index (χ0n) is 30.5. The Kier molecular flexibility index (Phi) is 6.83. The molecule has 0 amide bonds. The van der Waals surface area contributed by atoms with Crippen molar-refractivity contribution in [3.63, 3.8) is 0 Å². The van der Waals surface area contributed by atoms with E-state index in [1.54, 1.807) is 0 Å². The van der Waals surface area contributed by atoms with Crippen molar-refractivity contribution < 1.29 is 4.42 Å². The molecule has 0 atom stereocenters. The van der Waals surface area contributed by atoms with Gasteiger partial charge in [0.05, 0.1) is 27.6 Å². The summed E-state index contributed by atoms with van der Waals surface area (Å²) in [5.41, 5.74) is 10.7. The van der Waals surface area contributed by atoms with E-state index in [-0.39, 0.29) is 0 Å². The van der Waals surface area contributed by atoms with E-state index in [0.29, 0.717) is 17.5 Å². The minimum absolute atomic E-state index is 0.539. The monoisotopic (exact) mass is 729 g/mol. The number of rotatable bonds is 5. The second kappa shape index (κ2) is 12.3. The van der Waals surface area contributed by atoms with Crippen LogP contribution in [0.4, 0.5) is 0 Å². The molecular weight excluding hydrogens is 699 g/mol. The molecule has 57 heavy (non-hydrogen) atoms. The summed E-state index contributed by atoms with van der Waals surface area (Å²) in [4.78, 5) is 15.4. The maximum absolute atomic E-state index is 6.90. The molecule has 6 nitrogen and oxygen atoms in total. The van der Waals surface area contributed by atoms with E-state index in [1.807, 2.05) is 60.7 Å². The molecule has 0 aliphatic rings. The number of aromatic nitrogens is 5. The molecule has 0 aliphatic carbocycles. The van der Waals surface area contributed by atoms with Gasteiger partial charge in [-0.2, -0.15) is 0 Å². The molecule has 266 valence electrons. The van der Waals surface area contributed by atoms with Crippen molar-refractivity contribution in [2.75, 3.05) is 0 Å². The first kappa shape index (κ1) is 31.5. The number of nitrogens with zero attached hydrogens (tertiary/aromatic N) is 5. The van der Waals surface area contributed by atoms with Gasteiger partial charge in [0, 0.05) is 54.8 Å². The van der Waals surface area contributed by atoms with Crippen LogP contribution in [0.5, 0.6) is 0 Å². The van der Waals surface area contributed by atoms with Crippen molar-refractivity contribution >= 4 is 65.6 Å². The minimum Gasteiger partial charge on any atom is -0.455 e. The van der Waals surface area contributed by atoms with E-state index in [2.05, 4.69) is 137 Å². The van der Waals surface area contributed by atoms with E-state index >= 15 is 0 Å². The van der Waals surface area contributed by atoms with Crippen molar-refractivity contribution in [1.82, 2.24) is 24.1 Å². The van der Waals surface area contributed by atoms with Crippen LogP contribution in [0.2, 0.25) is 0 Å². The minimum atomic E-state index is 0.539. The molecule has 6 heteroatoms. The molecule has 0 saturated heterocycles. The second-order valence-electron chi connectivity index (χ2n) is 14.4. The Balaban J connectivity index is 1.19. The average Bonchev–Trinajstić information content (AvgIpc) is 3.94. The first-order valence-electron chi connectivity index (χ1n) is 19.1. The highest BCUT2D eigenvalue weighted by Crippen LogP contribution is 2.42. The van der Waals surface area contributed by atoms with E-state index in [1.165, 1.54) is 21.5 Å². The summed E-state index contributed by atoms with van der Waals surface area (Å²) in [7, 11) is 0. The fraction of sp³-hybridized carbons (Fsp3) is 0. The van der Waals surface area contributed by atoms with Crippen molar-refractivity contribution in [1.29, 1.82) is 0 Å². The van der Waals surface area contributed by atoms with Crippen LogP contribution in [0, 0.1) is 0 Å². The summed E-state index contributed by atoms with van der Waals surface area (Å²) in [6.07, 6.45) is 0. The van der Waals surface area contributed by atoms with Gasteiger partial charge in [0.2, 0.25) is 0 Å². The van der Waals surface area contributed by atoms with Gasteiger partial charge in [0.15, 0.2) is 17.5 Å². The van der Waals surface area contributed by atoms with Gasteiger partial charge in [-0.25, -0.2) is 15.0 Å². The Hall–Kier alpha value is -7.83. The maximum atomic E-state index is 6.90. The third-order valence-electron chi connectivity index (χ3n) is 11.2. The van der Waals surface area contributed by atoms with Gasteiger partial charge in [0.25, 0.3) is 0 Å². The zero-order valence-corrected chi connectivity index (χ0v) is 30.5. The molecule has 0 bridgehead atoms. The summed E-state index contributed by atoms with van der Waals surface area (Å²) in [5.74, 6) is 1.73. The van der Waals surface area contributed by atoms with Gasteiger partial charge < -0.3 is 13.6 Å². The van der Waals surface area contributed by atoms with Crippen LogP contribution in [-0.4, -0.2) is 24.1 Å². The van der Waals surface area contributed by atoms with Crippen molar-refractivity contribution in [3.05, 3.63) is 188 Å². The highest BCUT2D eigenvalue weighted by Gasteiger charge is 2.22. The molecule has 4 heterocycles. The molecule has 0 spiro atoms. The fourth-order valence-corrected chi connectivity index (χ4v) is 8.62. The SMILES string of the molecule is c1ccc(-c2nc(-c3ccccc3)nc(-c3cc(-n4c5ccccc5c5ccccc54)cc4c3oc3ccc(-n5c6ccccc6c6ccccc65)cc34)n2)cc1. The van der Waals surface area contributed by atoms with Gasteiger partial charge >= 0.3 is 0 Å². The van der Waals surface area contributed by atoms with Gasteiger partial charge in [-0.05, 0) is 54.6 Å². The summed E-state index contributed by atoms with van der Waals surface area (Å²) >= 11 is 0. The topological polar surface area (TPSA) is 61.7 Å². The highest BCUT2D eigenvalue weighted by molar-refractivity contribution is 6.14. The molecule has 4 aromatic heterocycles. The smallest absolute Gasteiger partial charge is 0.167 e. The summed E-state index contributed by atoms with van der Waals surface area (Å²) in [5, 5.41) is 6.81. The number of hydrogen-bond donors (Lipinski definition) is 0. The van der Waals surface area contributed by atoms with E-state index in [0.717, 1.165) is 72.1 Å². The van der Waals surface area contributed by atoms with E-state index in [9.17, 15) is 0 Å². The Bertz CT molecular complexity index is 3360. The Morgan fingerprint density at radius 1 is 0.333 bits per heavy atom. The molecule has 0 aliphatic heterocycles. The predicted molar refractivity (Wildman–Crippen MR) is 232 cm³/mol. The molecule has 0 radical (unpaired) electrons. The average molecular weight is 730 g/mol. The quantitative estimate of drug-likeness (QED) is 0.177. The lowest BCUT2D eigenvalue weighted by molar-refractivity contribution is 0.669. The number of para-hydroxylation sites is 4. The Morgan fingerprint density at radius 2 is 0.754 bits per heavy atom. The molecule has 8 aromatic carbocycles. The second-order valence-corrected chi connectivity index (χ2v) is 14.4. The van der Waals surface area contributed by atoms with Crippen LogP contribution in [-0.2, 0) is 0 Å². The standard InChI is InChI=1S/C51H31N5O/c1-3-15-32(16-4-1)49-52-50(33-17-5-2-6-18-33)54-51(53-49)42-31-35(56-45-25-13-9-21-38(45)39-22-10-14-26-46(39)56)30-41-40-29-34(27-28-47(40)57-48(41)42)55-43-23-11-7-19-36(43)37-20-8-12-24-44(37)55/h1-31H. The van der Waals surface area contributed by atoms with Crippen LogP contribution in [0.25, 0.3) is 111 Å². The van der Waals surface area contributed by atoms with Crippen molar-refractivity contribution in [3.8, 4) is 45.5 Å². The third kappa shape index (κ3) is 4.87. The highest BCUT2D eigenvalue weighted by atomic mass is 16.3. The zero-order chi connectivity index (χ0) is 37.5. The summed E-state index contributed by atoms with van der Waals surface area (Å²) in [6.45, 7) is 0. The fourth-order valence-electron chi connectivity index (χ4n) is 8.62. The number of benzene rings is 8. The summed E-state index contributed by atoms with van der Waals surface area (Å²) < 4.78 is 11.6. The lowest BCUT2D eigenvalue weighted by Gasteiger charge is -2.12. The predicted octanol–water partition coefficient (Wildman–Crippen LogP) is 13.0. The molecule has 0 unspecified atom stereocenters. The lowest BCUT2D eigenvalue weighted by atomic mass is 10.1. The number of fused-ring (bicyclic) bond motifs is 9. The molecule has 12 aromatic rings. The normalized spacial score (nSPS) is 11.9. The van der Waals surface area contributed by atoms with Crippen LogP contribution in [0.3, 0.4) is 0 Å². The Morgan fingerprint density at radius 3 is 1.26 bits per heavy atom. The first-order valence-corrected chi connectivity index (χ1v) is 19.1. The molecule has 0 N–H and O–H groups in total. The molecule has 12 rings (SSSR count). The van der Waals surface area contributed by atoms with Crippen LogP contribution in [0.15, 0.2) is 192 Å². The van der Waals surface area contributed by atoms with Gasteiger partial charge in [-0.1, -0.05) is 133 Å². The Labute approximate surface area is 326 Å². The third-order valence-corrected chi connectivity index (χ3v) is 11.2. The molecule has 0 saturated carbocycles. The first-order chi connectivity index (χ1) is 28.3. The molecular formula is C51H31N5O. The maximum Gasteiger partial charge on any atom is 0.167 e. The number of furan rings is 1. The van der Waals surface area contributed by atoms with Gasteiger partial charge in [0.1, 0.15) is 11.2 Å². The molecule has 0 fully saturated rings.